The molecule has 17 heavy (non-hydrogen) atoms. The van der Waals surface area contributed by atoms with Gasteiger partial charge in [0.2, 0.25) is 0 Å². The van der Waals surface area contributed by atoms with Gasteiger partial charge in [0.1, 0.15) is 6.10 Å². The maximum atomic E-state index is 10.4. The van der Waals surface area contributed by atoms with Crippen LogP contribution in [0.4, 0.5) is 0 Å². The predicted molar refractivity (Wildman–Crippen MR) is 76.1 cm³/mol. The first-order chi connectivity index (χ1) is 8.24. The zero-order valence-corrected chi connectivity index (χ0v) is 12.2. The Balaban J connectivity index is 2.16. The molecular formula is C11H17ClN2OS2. The van der Waals surface area contributed by atoms with Gasteiger partial charge in [-0.15, -0.1) is 0 Å². The van der Waals surface area contributed by atoms with Gasteiger partial charge in [-0.2, -0.15) is 28.6 Å². The molecule has 0 spiro atoms. The molecule has 3 nitrogen and oxygen atoms in total. The Bertz CT molecular complexity index is 366. The van der Waals surface area contributed by atoms with Crippen LogP contribution < -0.4 is 0 Å². The lowest BCUT2D eigenvalue weighted by molar-refractivity contribution is 0.169. The van der Waals surface area contributed by atoms with Crippen LogP contribution >= 0.6 is 35.1 Å². The predicted octanol–water partition coefficient (Wildman–Crippen LogP) is 2.83. The Hall–Kier alpha value is 0.160. The van der Waals surface area contributed by atoms with Crippen molar-refractivity contribution in [2.75, 3.05) is 17.3 Å². The van der Waals surface area contributed by atoms with Crippen LogP contribution in [-0.4, -0.2) is 37.4 Å². The Morgan fingerprint density at radius 3 is 3.12 bits per heavy atom. The van der Waals surface area contributed by atoms with Crippen molar-refractivity contribution in [3.05, 3.63) is 16.9 Å². The summed E-state index contributed by atoms with van der Waals surface area (Å²) in [6.07, 6.45) is 2.12. The van der Waals surface area contributed by atoms with Crippen LogP contribution in [0.5, 0.6) is 0 Å². The van der Waals surface area contributed by atoms with E-state index in [1.807, 2.05) is 28.2 Å². The summed E-state index contributed by atoms with van der Waals surface area (Å²) < 4.78 is 1.84. The number of thioether (sulfide) groups is 2. The minimum absolute atomic E-state index is 0.235. The zero-order chi connectivity index (χ0) is 12.3. The van der Waals surface area contributed by atoms with Gasteiger partial charge in [-0.25, -0.2) is 0 Å². The molecule has 1 aromatic rings. The van der Waals surface area contributed by atoms with Gasteiger partial charge < -0.3 is 5.11 Å². The highest BCUT2D eigenvalue weighted by Crippen LogP contribution is 2.36. The summed E-state index contributed by atoms with van der Waals surface area (Å²) in [4.78, 5) is 0. The number of aromatic nitrogens is 2. The van der Waals surface area contributed by atoms with Crippen molar-refractivity contribution >= 4 is 35.1 Å². The molecule has 1 fully saturated rings. The number of halogens is 1. The summed E-state index contributed by atoms with van der Waals surface area (Å²) in [5, 5.41) is 15.5. The number of aryl methyl sites for hydroxylation is 1. The summed E-state index contributed by atoms with van der Waals surface area (Å²) in [5.41, 5.74) is 0.786. The van der Waals surface area contributed by atoms with E-state index in [0.29, 0.717) is 5.02 Å². The molecule has 0 bridgehead atoms. The van der Waals surface area contributed by atoms with E-state index in [4.69, 9.17) is 11.6 Å². The molecule has 0 aliphatic carbocycles. The third-order valence-electron chi connectivity index (χ3n) is 2.74. The molecule has 1 aliphatic rings. The van der Waals surface area contributed by atoms with E-state index in [2.05, 4.69) is 12.0 Å². The molecule has 1 N–H and O–H groups in total. The number of hydrogen-bond acceptors (Lipinski definition) is 4. The zero-order valence-electron chi connectivity index (χ0n) is 9.80. The fourth-order valence-electron chi connectivity index (χ4n) is 1.92. The van der Waals surface area contributed by atoms with Crippen molar-refractivity contribution in [1.29, 1.82) is 0 Å². The molecule has 6 heteroatoms. The van der Waals surface area contributed by atoms with Gasteiger partial charge in [-0.1, -0.05) is 18.5 Å². The third kappa shape index (κ3) is 3.13. The fraction of sp³-hybridized carbons (Fsp3) is 0.727. The Labute approximate surface area is 115 Å². The van der Waals surface area contributed by atoms with Crippen molar-refractivity contribution in [3.8, 4) is 0 Å². The van der Waals surface area contributed by atoms with Crippen LogP contribution in [0, 0.1) is 0 Å². The molecule has 2 unspecified atom stereocenters. The number of nitrogens with zero attached hydrogens (tertiary/aromatic N) is 2. The van der Waals surface area contributed by atoms with E-state index in [1.165, 1.54) is 5.75 Å². The molecule has 2 rings (SSSR count). The lowest BCUT2D eigenvalue weighted by Crippen LogP contribution is -2.25. The average Bonchev–Trinajstić information content (AvgIpc) is 2.71. The molecular weight excluding hydrogens is 276 g/mol. The Kier molecular flexibility index (Phi) is 5.09. The second kappa shape index (κ2) is 6.36. The van der Waals surface area contributed by atoms with Gasteiger partial charge in [0.15, 0.2) is 0 Å². The van der Waals surface area contributed by atoms with Gasteiger partial charge in [0.05, 0.1) is 16.9 Å². The summed E-state index contributed by atoms with van der Waals surface area (Å²) in [6.45, 7) is 2.90. The van der Waals surface area contributed by atoms with E-state index in [0.717, 1.165) is 30.2 Å². The number of hydrogen-bond donors (Lipinski definition) is 1. The first kappa shape index (κ1) is 13.6. The van der Waals surface area contributed by atoms with Gasteiger partial charge in [0, 0.05) is 29.1 Å². The van der Waals surface area contributed by atoms with Crippen LogP contribution in [-0.2, 0) is 6.54 Å². The van der Waals surface area contributed by atoms with Crippen molar-refractivity contribution in [2.45, 2.75) is 31.2 Å². The molecule has 0 amide bonds. The van der Waals surface area contributed by atoms with E-state index < -0.39 is 6.10 Å². The van der Waals surface area contributed by atoms with Gasteiger partial charge >= 0.3 is 0 Å². The first-order valence-corrected chi connectivity index (χ1v) is 8.40. The van der Waals surface area contributed by atoms with Gasteiger partial charge in [-0.05, 0) is 6.42 Å². The standard InChI is InChI=1S/C11H17ClN2OS2/c1-2-3-14-10(8(12)6-13-14)11(15)9-7-16-4-5-17-9/h6,9,11,15H,2-5,7H2,1H3. The maximum absolute atomic E-state index is 10.4. The van der Waals surface area contributed by atoms with Gasteiger partial charge in [-0.3, -0.25) is 4.68 Å². The molecule has 2 heterocycles. The lowest BCUT2D eigenvalue weighted by atomic mass is 10.2. The molecule has 1 saturated heterocycles. The molecule has 1 aromatic heterocycles. The second-order valence-electron chi connectivity index (χ2n) is 4.03. The Morgan fingerprint density at radius 2 is 2.47 bits per heavy atom. The lowest BCUT2D eigenvalue weighted by Gasteiger charge is -2.26. The highest BCUT2D eigenvalue weighted by atomic mass is 35.5. The normalized spacial score (nSPS) is 22.6. The molecule has 0 radical (unpaired) electrons. The van der Waals surface area contributed by atoms with Crippen molar-refractivity contribution in [2.24, 2.45) is 0 Å². The van der Waals surface area contributed by atoms with Crippen molar-refractivity contribution in [3.63, 3.8) is 0 Å². The van der Waals surface area contributed by atoms with Crippen LogP contribution in [0.15, 0.2) is 6.20 Å². The van der Waals surface area contributed by atoms with E-state index in [1.54, 1.807) is 6.20 Å². The molecule has 2 atom stereocenters. The molecule has 0 aromatic carbocycles. The quantitative estimate of drug-likeness (QED) is 0.926. The van der Waals surface area contributed by atoms with Crippen molar-refractivity contribution in [1.82, 2.24) is 9.78 Å². The van der Waals surface area contributed by atoms with Gasteiger partial charge in [0.25, 0.3) is 0 Å². The summed E-state index contributed by atoms with van der Waals surface area (Å²) in [6, 6.07) is 0. The third-order valence-corrected chi connectivity index (χ3v) is 5.88. The summed E-state index contributed by atoms with van der Waals surface area (Å²) >= 11 is 9.87. The monoisotopic (exact) mass is 292 g/mol. The number of rotatable bonds is 4. The second-order valence-corrected chi connectivity index (χ2v) is 6.93. The van der Waals surface area contributed by atoms with Crippen molar-refractivity contribution < 1.29 is 5.11 Å². The summed E-state index contributed by atoms with van der Waals surface area (Å²) in [5.74, 6) is 3.27. The van der Waals surface area contributed by atoms with E-state index in [9.17, 15) is 5.11 Å². The molecule has 0 saturated carbocycles. The largest absolute Gasteiger partial charge is 0.386 e. The highest BCUT2D eigenvalue weighted by Gasteiger charge is 2.28. The summed E-state index contributed by atoms with van der Waals surface area (Å²) in [7, 11) is 0. The van der Waals surface area contributed by atoms with Crippen LogP contribution in [0.1, 0.15) is 25.1 Å². The van der Waals surface area contributed by atoms with Crippen LogP contribution in [0.25, 0.3) is 0 Å². The Morgan fingerprint density at radius 1 is 1.65 bits per heavy atom. The average molecular weight is 293 g/mol. The van der Waals surface area contributed by atoms with Crippen LogP contribution in [0.2, 0.25) is 5.02 Å². The maximum Gasteiger partial charge on any atom is 0.110 e. The smallest absolute Gasteiger partial charge is 0.110 e. The van der Waals surface area contributed by atoms with E-state index in [-0.39, 0.29) is 5.25 Å². The minimum atomic E-state index is -0.505. The highest BCUT2D eigenvalue weighted by molar-refractivity contribution is 8.06. The minimum Gasteiger partial charge on any atom is -0.386 e. The number of aliphatic hydroxyl groups is 1. The molecule has 96 valence electrons. The first-order valence-electron chi connectivity index (χ1n) is 5.82. The fourth-order valence-corrected chi connectivity index (χ4v) is 4.90. The topological polar surface area (TPSA) is 38.0 Å². The SMILES string of the molecule is CCCn1ncc(Cl)c1C(O)C1CSCCS1. The number of aliphatic hydroxyl groups excluding tert-OH is 1. The molecule has 1 aliphatic heterocycles. The van der Waals surface area contributed by atoms with Crippen LogP contribution in [0.3, 0.4) is 0 Å². The van der Waals surface area contributed by atoms with E-state index >= 15 is 0 Å².